The molecule has 10 nitrogen and oxygen atoms in total. The van der Waals surface area contributed by atoms with E-state index in [0.29, 0.717) is 22.9 Å². The summed E-state index contributed by atoms with van der Waals surface area (Å²) < 4.78 is 42.2. The lowest BCUT2D eigenvalue weighted by Crippen LogP contribution is -2.49. The highest BCUT2D eigenvalue weighted by Gasteiger charge is 2.27. The molecule has 0 saturated heterocycles. The van der Waals surface area contributed by atoms with Crippen molar-refractivity contribution in [1.29, 1.82) is 0 Å². The van der Waals surface area contributed by atoms with Crippen LogP contribution in [0.25, 0.3) is 0 Å². The Morgan fingerprint density at radius 2 is 1.73 bits per heavy atom. The van der Waals surface area contributed by atoms with Crippen molar-refractivity contribution >= 4 is 27.5 Å². The van der Waals surface area contributed by atoms with Crippen molar-refractivity contribution in [3.8, 4) is 17.2 Å². The van der Waals surface area contributed by atoms with E-state index in [4.69, 9.17) is 14.2 Å². The molecule has 1 atom stereocenters. The molecule has 0 fully saturated rings. The van der Waals surface area contributed by atoms with E-state index in [0.717, 1.165) is 11.8 Å². The van der Waals surface area contributed by atoms with Crippen LogP contribution < -0.4 is 23.8 Å². The molecule has 11 heteroatoms. The van der Waals surface area contributed by atoms with E-state index in [1.165, 1.54) is 9.21 Å². The first-order chi connectivity index (χ1) is 17.5. The molecule has 37 heavy (non-hydrogen) atoms. The van der Waals surface area contributed by atoms with Crippen LogP contribution >= 0.6 is 0 Å². The highest BCUT2D eigenvalue weighted by atomic mass is 32.2. The van der Waals surface area contributed by atoms with E-state index in [1.807, 2.05) is 26.0 Å². The average molecular weight is 534 g/mol. The Hall–Kier alpha value is -3.47. The minimum atomic E-state index is -3.62. The number of hydrogen-bond acceptors (Lipinski definition) is 7. The molecular weight excluding hydrogens is 498 g/mol. The predicted octanol–water partition coefficient (Wildman–Crippen LogP) is 2.91. The number of carbonyl (C=O) groups excluding carboxylic acids is 2. The second-order valence-corrected chi connectivity index (χ2v) is 11.1. The Balaban J connectivity index is 1.73. The maximum atomic E-state index is 13.3. The lowest BCUT2D eigenvalue weighted by atomic mass is 10.1. The van der Waals surface area contributed by atoms with Crippen LogP contribution in [0, 0.1) is 0 Å². The second-order valence-electron chi connectivity index (χ2n) is 9.19. The van der Waals surface area contributed by atoms with Gasteiger partial charge in [0.1, 0.15) is 11.8 Å². The summed E-state index contributed by atoms with van der Waals surface area (Å²) in [4.78, 5) is 27.6. The molecule has 0 aromatic heterocycles. The molecule has 2 aromatic rings. The number of hydrogen-bond donors (Lipinski definition) is 1. The number of methoxy groups -OCH3 is 1. The number of carbonyl (C=O) groups is 2. The number of sulfonamides is 1. The first-order valence-corrected chi connectivity index (χ1v) is 13.9. The zero-order valence-electron chi connectivity index (χ0n) is 21.9. The Labute approximate surface area is 218 Å². The topological polar surface area (TPSA) is 114 Å². The molecule has 0 bridgehead atoms. The Kier molecular flexibility index (Phi) is 9.25. The molecule has 0 saturated carbocycles. The number of nitrogens with zero attached hydrogens (tertiary/aromatic N) is 2. The van der Waals surface area contributed by atoms with Crippen molar-refractivity contribution in [2.24, 2.45) is 0 Å². The standard InChI is InChI=1S/C26H35N3O7S/c1-18(2)27-26(31)19(3)28(16-20-8-11-22(34-4)12-9-20)25(30)7-6-14-29(37(5,32)33)21-10-13-23-24(15-21)36-17-35-23/h8-13,15,18-19H,6-7,14,16-17H2,1-5H3,(H,27,31)/t19-/m0/s1. The molecule has 0 unspecified atom stereocenters. The number of ether oxygens (including phenoxy) is 3. The third kappa shape index (κ3) is 7.51. The SMILES string of the molecule is COc1ccc(CN(C(=O)CCCN(c2ccc3c(c2)OCO3)S(C)(=O)=O)[C@@H](C)C(=O)NC(C)C)cc1. The third-order valence-electron chi connectivity index (χ3n) is 5.91. The quantitative estimate of drug-likeness (QED) is 0.446. The van der Waals surface area contributed by atoms with Gasteiger partial charge in [-0.3, -0.25) is 13.9 Å². The fraction of sp³-hybridized carbons (Fsp3) is 0.462. The van der Waals surface area contributed by atoms with E-state index in [2.05, 4.69) is 5.32 Å². The average Bonchev–Trinajstić information content (AvgIpc) is 3.31. The van der Waals surface area contributed by atoms with Gasteiger partial charge in [-0.05, 0) is 57.0 Å². The molecule has 0 spiro atoms. The number of benzene rings is 2. The summed E-state index contributed by atoms with van der Waals surface area (Å²) in [7, 11) is -2.04. The van der Waals surface area contributed by atoms with Crippen LogP contribution in [-0.4, -0.2) is 63.9 Å². The summed E-state index contributed by atoms with van der Waals surface area (Å²) in [5, 5.41) is 2.86. The van der Waals surface area contributed by atoms with Crippen LogP contribution in [0.3, 0.4) is 0 Å². The molecular formula is C26H35N3O7S. The van der Waals surface area contributed by atoms with E-state index < -0.39 is 16.1 Å². The highest BCUT2D eigenvalue weighted by molar-refractivity contribution is 7.92. The molecule has 1 aliphatic heterocycles. The molecule has 202 valence electrons. The number of amides is 2. The minimum Gasteiger partial charge on any atom is -0.497 e. The first-order valence-electron chi connectivity index (χ1n) is 12.1. The molecule has 0 radical (unpaired) electrons. The molecule has 1 heterocycles. The van der Waals surface area contributed by atoms with Crippen LogP contribution in [0.1, 0.15) is 39.2 Å². The Morgan fingerprint density at radius 3 is 2.35 bits per heavy atom. The Morgan fingerprint density at radius 1 is 1.05 bits per heavy atom. The maximum Gasteiger partial charge on any atom is 0.242 e. The Bertz CT molecular complexity index is 1200. The maximum absolute atomic E-state index is 13.3. The molecule has 3 rings (SSSR count). The summed E-state index contributed by atoms with van der Waals surface area (Å²) in [6, 6.07) is 11.4. The molecule has 0 aliphatic carbocycles. The van der Waals surface area contributed by atoms with Crippen molar-refractivity contribution in [2.45, 2.75) is 52.2 Å². The van der Waals surface area contributed by atoms with E-state index in [1.54, 1.807) is 44.4 Å². The third-order valence-corrected chi connectivity index (χ3v) is 7.10. The summed E-state index contributed by atoms with van der Waals surface area (Å²) in [6.45, 7) is 5.81. The van der Waals surface area contributed by atoms with Gasteiger partial charge in [0.2, 0.25) is 28.6 Å². The van der Waals surface area contributed by atoms with Crippen LogP contribution in [0.15, 0.2) is 42.5 Å². The zero-order chi connectivity index (χ0) is 27.2. The smallest absolute Gasteiger partial charge is 0.242 e. The zero-order valence-corrected chi connectivity index (χ0v) is 22.7. The molecule has 1 aliphatic rings. The van der Waals surface area contributed by atoms with Gasteiger partial charge in [-0.1, -0.05) is 12.1 Å². The van der Waals surface area contributed by atoms with Gasteiger partial charge in [-0.25, -0.2) is 8.42 Å². The lowest BCUT2D eigenvalue weighted by molar-refractivity contribution is -0.140. The van der Waals surface area contributed by atoms with Crippen molar-refractivity contribution in [1.82, 2.24) is 10.2 Å². The highest BCUT2D eigenvalue weighted by Crippen LogP contribution is 2.36. The van der Waals surface area contributed by atoms with Gasteiger partial charge in [0.25, 0.3) is 0 Å². The number of nitrogens with one attached hydrogen (secondary N) is 1. The van der Waals surface area contributed by atoms with Gasteiger partial charge in [0.15, 0.2) is 11.5 Å². The lowest BCUT2D eigenvalue weighted by Gasteiger charge is -2.30. The van der Waals surface area contributed by atoms with Gasteiger partial charge in [-0.15, -0.1) is 0 Å². The summed E-state index contributed by atoms with van der Waals surface area (Å²) in [5.74, 6) is 1.21. The summed E-state index contributed by atoms with van der Waals surface area (Å²) in [6.07, 6.45) is 1.44. The fourth-order valence-electron chi connectivity index (χ4n) is 3.96. The van der Waals surface area contributed by atoms with Crippen molar-refractivity contribution < 1.29 is 32.2 Å². The van der Waals surface area contributed by atoms with Crippen molar-refractivity contribution in [3.05, 3.63) is 48.0 Å². The van der Waals surface area contributed by atoms with Crippen molar-refractivity contribution in [2.75, 3.05) is 31.0 Å². The van der Waals surface area contributed by atoms with E-state index in [-0.39, 0.29) is 50.6 Å². The van der Waals surface area contributed by atoms with E-state index >= 15 is 0 Å². The monoisotopic (exact) mass is 533 g/mol. The van der Waals surface area contributed by atoms with Gasteiger partial charge >= 0.3 is 0 Å². The minimum absolute atomic E-state index is 0.0615. The van der Waals surface area contributed by atoms with Gasteiger partial charge in [0, 0.05) is 31.6 Å². The first kappa shape index (κ1) is 28.1. The molecule has 2 amide bonds. The van der Waals surface area contributed by atoms with Gasteiger partial charge in [0.05, 0.1) is 19.1 Å². The largest absolute Gasteiger partial charge is 0.497 e. The van der Waals surface area contributed by atoms with Crippen LogP contribution in [0.2, 0.25) is 0 Å². The normalized spacial score (nSPS) is 13.2. The second kappa shape index (κ2) is 12.2. The molecule has 2 aromatic carbocycles. The van der Waals surface area contributed by atoms with Gasteiger partial charge in [-0.2, -0.15) is 0 Å². The predicted molar refractivity (Wildman–Crippen MR) is 140 cm³/mol. The van der Waals surface area contributed by atoms with Crippen LogP contribution in [0.5, 0.6) is 17.2 Å². The number of anilines is 1. The number of rotatable bonds is 12. The summed E-state index contributed by atoms with van der Waals surface area (Å²) >= 11 is 0. The van der Waals surface area contributed by atoms with Crippen molar-refractivity contribution in [3.63, 3.8) is 0 Å². The number of fused-ring (bicyclic) bond motifs is 1. The van der Waals surface area contributed by atoms with Gasteiger partial charge < -0.3 is 24.4 Å². The summed E-state index contributed by atoms with van der Waals surface area (Å²) in [5.41, 5.74) is 1.27. The van der Waals surface area contributed by atoms with E-state index in [9.17, 15) is 18.0 Å². The van der Waals surface area contributed by atoms with Crippen LogP contribution in [0.4, 0.5) is 5.69 Å². The fourth-order valence-corrected chi connectivity index (χ4v) is 4.92. The van der Waals surface area contributed by atoms with Crippen LogP contribution in [-0.2, 0) is 26.2 Å². The molecule has 1 N–H and O–H groups in total.